The Bertz CT molecular complexity index is 1350. The van der Waals surface area contributed by atoms with E-state index >= 15 is 0 Å². The van der Waals surface area contributed by atoms with Crippen molar-refractivity contribution in [1.29, 1.82) is 0 Å². The molecule has 1 fully saturated rings. The van der Waals surface area contributed by atoms with Crippen molar-refractivity contribution in [2.24, 2.45) is 0 Å². The van der Waals surface area contributed by atoms with E-state index in [4.69, 9.17) is 4.42 Å². The van der Waals surface area contributed by atoms with Crippen LogP contribution in [0.4, 0.5) is 4.79 Å². The molecular weight excluding hydrogens is 458 g/mol. The quantitative estimate of drug-likeness (QED) is 0.396. The van der Waals surface area contributed by atoms with Gasteiger partial charge in [-0.05, 0) is 42.8 Å². The number of imide groups is 2. The Labute approximate surface area is 196 Å². The first-order chi connectivity index (χ1) is 16.2. The Balaban J connectivity index is 1.62. The lowest BCUT2D eigenvalue weighted by molar-refractivity contribution is -0.123. The normalized spacial score (nSPS) is 14.2. The lowest BCUT2D eigenvalue weighted by atomic mass is 10.1. The second-order valence-corrected chi connectivity index (χ2v) is 9.61. The van der Waals surface area contributed by atoms with E-state index in [-0.39, 0.29) is 29.3 Å². The van der Waals surface area contributed by atoms with E-state index in [0.29, 0.717) is 5.76 Å². The molecule has 1 aliphatic heterocycles. The summed E-state index contributed by atoms with van der Waals surface area (Å²) in [5, 5.41) is 3.96. The van der Waals surface area contributed by atoms with Gasteiger partial charge in [-0.3, -0.25) is 20.2 Å². The number of furan rings is 1. The molecule has 9 nitrogen and oxygen atoms in total. The molecule has 0 aliphatic carbocycles. The van der Waals surface area contributed by atoms with Gasteiger partial charge in [-0.25, -0.2) is 13.2 Å². The van der Waals surface area contributed by atoms with Gasteiger partial charge in [0, 0.05) is 6.54 Å². The molecule has 1 aliphatic rings. The van der Waals surface area contributed by atoms with Crippen LogP contribution in [-0.2, 0) is 32.7 Å². The molecule has 34 heavy (non-hydrogen) atoms. The Morgan fingerprint density at radius 3 is 2.15 bits per heavy atom. The van der Waals surface area contributed by atoms with E-state index in [1.807, 2.05) is 47.9 Å². The average molecular weight is 480 g/mol. The first-order valence-corrected chi connectivity index (χ1v) is 11.7. The summed E-state index contributed by atoms with van der Waals surface area (Å²) in [5.41, 5.74) is 1.44. The molecule has 4 rings (SSSR count). The van der Waals surface area contributed by atoms with E-state index < -0.39 is 27.9 Å². The van der Waals surface area contributed by atoms with Crippen molar-refractivity contribution in [3.8, 4) is 0 Å². The summed E-state index contributed by atoms with van der Waals surface area (Å²) in [4.78, 5) is 35.2. The number of hydrogen-bond donors (Lipinski definition) is 2. The molecule has 1 saturated heterocycles. The number of nitrogens with one attached hydrogen (secondary N) is 2. The molecule has 4 amide bonds. The second-order valence-electron chi connectivity index (χ2n) is 7.67. The van der Waals surface area contributed by atoms with Gasteiger partial charge in [-0.1, -0.05) is 48.0 Å². The van der Waals surface area contributed by atoms with E-state index in [2.05, 4.69) is 0 Å². The molecule has 2 heterocycles. The van der Waals surface area contributed by atoms with Gasteiger partial charge in [0.25, 0.3) is 11.8 Å². The van der Waals surface area contributed by atoms with Gasteiger partial charge in [0.05, 0.1) is 11.4 Å². The summed E-state index contributed by atoms with van der Waals surface area (Å²) >= 11 is 0. The maximum Gasteiger partial charge on any atom is 0.328 e. The van der Waals surface area contributed by atoms with Crippen LogP contribution in [0.5, 0.6) is 0 Å². The van der Waals surface area contributed by atoms with Crippen LogP contribution >= 0.6 is 0 Å². The summed E-state index contributed by atoms with van der Waals surface area (Å²) in [7, 11) is -3.86. The predicted octanol–water partition coefficient (Wildman–Crippen LogP) is 2.73. The summed E-state index contributed by atoms with van der Waals surface area (Å²) in [6, 6.07) is 17.9. The summed E-state index contributed by atoms with van der Waals surface area (Å²) in [5.74, 6) is -1.22. The fourth-order valence-corrected chi connectivity index (χ4v) is 4.75. The van der Waals surface area contributed by atoms with Crippen molar-refractivity contribution in [2.75, 3.05) is 0 Å². The number of carbonyl (C=O) groups is 3. The predicted molar refractivity (Wildman–Crippen MR) is 122 cm³/mol. The topological polar surface area (TPSA) is 126 Å². The van der Waals surface area contributed by atoms with Crippen LogP contribution < -0.4 is 10.6 Å². The van der Waals surface area contributed by atoms with Gasteiger partial charge in [0.1, 0.15) is 17.1 Å². The Kier molecular flexibility index (Phi) is 6.44. The third kappa shape index (κ3) is 5.13. The van der Waals surface area contributed by atoms with Gasteiger partial charge in [0.2, 0.25) is 10.0 Å². The van der Waals surface area contributed by atoms with E-state index in [9.17, 15) is 22.8 Å². The number of benzene rings is 2. The van der Waals surface area contributed by atoms with Crippen LogP contribution in [0.1, 0.15) is 22.6 Å². The summed E-state index contributed by atoms with van der Waals surface area (Å²) < 4.78 is 33.8. The van der Waals surface area contributed by atoms with Crippen LogP contribution in [0.15, 0.2) is 81.6 Å². The lowest BCUT2D eigenvalue weighted by Gasteiger charge is -2.21. The van der Waals surface area contributed by atoms with Crippen molar-refractivity contribution >= 4 is 33.9 Å². The zero-order valence-electron chi connectivity index (χ0n) is 18.1. The molecule has 0 atom stereocenters. The van der Waals surface area contributed by atoms with E-state index in [1.54, 1.807) is 30.3 Å². The standard InChI is InChI=1S/C24H21N3O6S/c1-16-7-11-20(12-8-16)34(31,32)27(14-17-5-3-2-4-6-17)15-19-10-9-18(33-19)13-21-22(28)25-24(30)26-23(21)29/h2-13H,14-15H2,1H3,(H2,25,26,28,29,30). The first-order valence-electron chi connectivity index (χ1n) is 10.3. The number of rotatable bonds is 7. The minimum absolute atomic E-state index is 0.0782. The van der Waals surface area contributed by atoms with Crippen LogP contribution in [0.3, 0.4) is 0 Å². The van der Waals surface area contributed by atoms with Crippen LogP contribution in [0, 0.1) is 6.92 Å². The maximum absolute atomic E-state index is 13.4. The summed E-state index contributed by atoms with van der Waals surface area (Å²) in [6.07, 6.45) is 1.19. The maximum atomic E-state index is 13.4. The molecule has 10 heteroatoms. The van der Waals surface area contributed by atoms with Gasteiger partial charge in [-0.2, -0.15) is 4.31 Å². The minimum Gasteiger partial charge on any atom is -0.460 e. The lowest BCUT2D eigenvalue weighted by Crippen LogP contribution is -2.51. The largest absolute Gasteiger partial charge is 0.460 e. The van der Waals surface area contributed by atoms with E-state index in [0.717, 1.165) is 11.1 Å². The molecule has 0 unspecified atom stereocenters. The minimum atomic E-state index is -3.86. The van der Waals surface area contributed by atoms with E-state index in [1.165, 1.54) is 16.4 Å². The molecule has 0 bridgehead atoms. The highest BCUT2D eigenvalue weighted by atomic mass is 32.2. The van der Waals surface area contributed by atoms with Crippen molar-refractivity contribution in [1.82, 2.24) is 14.9 Å². The highest BCUT2D eigenvalue weighted by Gasteiger charge is 2.29. The molecule has 0 radical (unpaired) electrons. The molecule has 2 aromatic carbocycles. The van der Waals surface area contributed by atoms with Crippen molar-refractivity contribution in [2.45, 2.75) is 24.9 Å². The number of urea groups is 1. The fraction of sp³-hybridized carbons (Fsp3) is 0.125. The molecule has 2 N–H and O–H groups in total. The van der Waals surface area contributed by atoms with Gasteiger partial charge in [0.15, 0.2) is 0 Å². The third-order valence-corrected chi connectivity index (χ3v) is 6.91. The number of sulfonamides is 1. The van der Waals surface area contributed by atoms with Crippen molar-refractivity contribution < 1.29 is 27.2 Å². The number of aryl methyl sites for hydroxylation is 1. The Morgan fingerprint density at radius 1 is 0.853 bits per heavy atom. The highest BCUT2D eigenvalue weighted by molar-refractivity contribution is 7.89. The Morgan fingerprint density at radius 2 is 1.50 bits per heavy atom. The number of amides is 4. The summed E-state index contributed by atoms with van der Waals surface area (Å²) in [6.45, 7) is 1.91. The number of hydrogen-bond acceptors (Lipinski definition) is 6. The second kappa shape index (κ2) is 9.46. The monoisotopic (exact) mass is 479 g/mol. The molecule has 1 aromatic heterocycles. The first kappa shape index (κ1) is 23.1. The number of nitrogens with zero attached hydrogens (tertiary/aromatic N) is 1. The number of barbiturate groups is 1. The van der Waals surface area contributed by atoms with Crippen LogP contribution in [-0.4, -0.2) is 30.6 Å². The zero-order chi connectivity index (χ0) is 24.3. The zero-order valence-corrected chi connectivity index (χ0v) is 19.0. The van der Waals surface area contributed by atoms with Gasteiger partial charge < -0.3 is 4.42 Å². The molecule has 3 aromatic rings. The third-order valence-electron chi connectivity index (χ3n) is 5.11. The van der Waals surface area contributed by atoms with Crippen LogP contribution in [0.25, 0.3) is 6.08 Å². The average Bonchev–Trinajstić information content (AvgIpc) is 3.24. The van der Waals surface area contributed by atoms with Gasteiger partial charge in [-0.15, -0.1) is 0 Å². The molecule has 0 spiro atoms. The van der Waals surface area contributed by atoms with Crippen molar-refractivity contribution in [3.63, 3.8) is 0 Å². The fourth-order valence-electron chi connectivity index (χ4n) is 3.35. The van der Waals surface area contributed by atoms with Gasteiger partial charge >= 0.3 is 6.03 Å². The smallest absolute Gasteiger partial charge is 0.328 e. The molecular formula is C24H21N3O6S. The molecule has 174 valence electrons. The molecule has 0 saturated carbocycles. The van der Waals surface area contributed by atoms with Crippen molar-refractivity contribution in [3.05, 3.63) is 95.0 Å². The SMILES string of the molecule is Cc1ccc(S(=O)(=O)N(Cc2ccccc2)Cc2ccc(C=C3C(=O)NC(=O)NC3=O)o2)cc1. The van der Waals surface area contributed by atoms with Crippen LogP contribution in [0.2, 0.25) is 0 Å². The highest BCUT2D eigenvalue weighted by Crippen LogP contribution is 2.23. The number of carbonyl (C=O) groups excluding carboxylic acids is 3. The Hall–Kier alpha value is -4.02.